The molecule has 2 rings (SSSR count). The molecule has 0 aromatic carbocycles. The second kappa shape index (κ2) is 5.38. The highest BCUT2D eigenvalue weighted by Crippen LogP contribution is 2.29. The van der Waals surface area contributed by atoms with E-state index in [1.807, 2.05) is 32.0 Å². The lowest BCUT2D eigenvalue weighted by Gasteiger charge is -2.14. The van der Waals surface area contributed by atoms with E-state index < -0.39 is 0 Å². The van der Waals surface area contributed by atoms with E-state index in [1.165, 1.54) is 11.3 Å². The number of nitrogens with one attached hydrogen (secondary N) is 1. The monoisotopic (exact) mass is 277 g/mol. The van der Waals surface area contributed by atoms with E-state index in [1.54, 1.807) is 6.07 Å². The van der Waals surface area contributed by atoms with Gasteiger partial charge in [-0.15, -0.1) is 11.3 Å². The molecule has 3 nitrogen and oxygen atoms in total. The number of hydrogen-bond acceptors (Lipinski definition) is 4. The zero-order valence-electron chi connectivity index (χ0n) is 10.1. The first-order valence-electron chi connectivity index (χ1n) is 5.49. The molecule has 1 unspecified atom stereocenters. The summed E-state index contributed by atoms with van der Waals surface area (Å²) >= 11 is 7.44. The van der Waals surface area contributed by atoms with Crippen LogP contribution in [0.4, 0.5) is 5.82 Å². The Morgan fingerprint density at radius 2 is 2.17 bits per heavy atom. The Morgan fingerprint density at radius 3 is 2.78 bits per heavy atom. The van der Waals surface area contributed by atoms with Gasteiger partial charge in [-0.2, -0.15) is 5.26 Å². The third-order valence-electron chi connectivity index (χ3n) is 2.53. The van der Waals surface area contributed by atoms with Gasteiger partial charge in [0, 0.05) is 10.6 Å². The topological polar surface area (TPSA) is 48.7 Å². The Balaban J connectivity index is 2.24. The highest BCUT2D eigenvalue weighted by Gasteiger charge is 2.11. The van der Waals surface area contributed by atoms with Gasteiger partial charge in [0.25, 0.3) is 0 Å². The van der Waals surface area contributed by atoms with Crippen molar-refractivity contribution >= 4 is 28.8 Å². The molecule has 5 heteroatoms. The average molecular weight is 278 g/mol. The van der Waals surface area contributed by atoms with Crippen molar-refractivity contribution in [2.24, 2.45) is 0 Å². The van der Waals surface area contributed by atoms with Crippen molar-refractivity contribution in [1.82, 2.24) is 4.98 Å². The first kappa shape index (κ1) is 12.9. The van der Waals surface area contributed by atoms with Crippen LogP contribution in [0.25, 0.3) is 0 Å². The van der Waals surface area contributed by atoms with Gasteiger partial charge in [-0.25, -0.2) is 4.98 Å². The fourth-order valence-corrected chi connectivity index (χ4v) is 2.66. The Bertz CT molecular complexity index is 601. The van der Waals surface area contributed by atoms with Crippen LogP contribution in [0.2, 0.25) is 4.34 Å². The third kappa shape index (κ3) is 2.81. The van der Waals surface area contributed by atoms with Crippen LogP contribution in [0.15, 0.2) is 24.3 Å². The Hall–Kier alpha value is -1.57. The van der Waals surface area contributed by atoms with Gasteiger partial charge >= 0.3 is 0 Å². The summed E-state index contributed by atoms with van der Waals surface area (Å²) in [5.41, 5.74) is 1.43. The van der Waals surface area contributed by atoms with E-state index in [9.17, 15) is 0 Å². The maximum absolute atomic E-state index is 9.05. The second-order valence-corrected chi connectivity index (χ2v) is 5.72. The van der Waals surface area contributed by atoms with E-state index in [-0.39, 0.29) is 6.04 Å². The Morgan fingerprint density at radius 1 is 1.39 bits per heavy atom. The summed E-state index contributed by atoms with van der Waals surface area (Å²) in [6, 6.07) is 9.66. The number of nitrogens with zero attached hydrogens (tertiary/aromatic N) is 2. The predicted octanol–water partition coefficient (Wildman–Crippen LogP) is 4.15. The summed E-state index contributed by atoms with van der Waals surface area (Å²) in [6.07, 6.45) is 0. The average Bonchev–Trinajstić information content (AvgIpc) is 2.76. The number of anilines is 1. The summed E-state index contributed by atoms with van der Waals surface area (Å²) in [5.74, 6) is 0.620. The molecule has 0 spiro atoms. The number of pyridine rings is 1. The summed E-state index contributed by atoms with van der Waals surface area (Å²) in [7, 11) is 0. The van der Waals surface area contributed by atoms with E-state index in [0.29, 0.717) is 11.4 Å². The first-order chi connectivity index (χ1) is 8.60. The van der Waals surface area contributed by atoms with E-state index in [4.69, 9.17) is 16.9 Å². The molecule has 92 valence electrons. The molecule has 0 saturated heterocycles. The molecule has 0 aliphatic heterocycles. The molecule has 0 amide bonds. The zero-order valence-corrected chi connectivity index (χ0v) is 11.6. The van der Waals surface area contributed by atoms with E-state index in [0.717, 1.165) is 14.9 Å². The normalized spacial score (nSPS) is 11.9. The summed E-state index contributed by atoms with van der Waals surface area (Å²) in [4.78, 5) is 5.47. The van der Waals surface area contributed by atoms with Gasteiger partial charge in [0.15, 0.2) is 0 Å². The van der Waals surface area contributed by atoms with Gasteiger partial charge in [-0.05, 0) is 38.1 Å². The number of thiophene rings is 1. The van der Waals surface area contributed by atoms with Crippen LogP contribution in [-0.4, -0.2) is 4.98 Å². The van der Waals surface area contributed by atoms with Crippen LogP contribution >= 0.6 is 22.9 Å². The lowest BCUT2D eigenvalue weighted by atomic mass is 10.2. The molecule has 0 bridgehead atoms. The van der Waals surface area contributed by atoms with Crippen molar-refractivity contribution in [2.45, 2.75) is 19.9 Å². The lowest BCUT2D eigenvalue weighted by Crippen LogP contribution is -2.08. The molecular weight excluding hydrogens is 266 g/mol. The SMILES string of the molecule is Cc1ccc(C#N)c(NC(C)c2ccc(Cl)s2)n1. The minimum atomic E-state index is 0.0731. The number of aryl methyl sites for hydroxylation is 1. The standard InChI is InChI=1S/C13H12ClN3S/c1-8-3-4-10(7-15)13(16-8)17-9(2)11-5-6-12(14)18-11/h3-6,9H,1-2H3,(H,16,17). The highest BCUT2D eigenvalue weighted by atomic mass is 35.5. The minimum absolute atomic E-state index is 0.0731. The van der Waals surface area contributed by atoms with Crippen molar-refractivity contribution < 1.29 is 0 Å². The quantitative estimate of drug-likeness (QED) is 0.917. The number of nitriles is 1. The molecular formula is C13H12ClN3S. The molecule has 2 aromatic rings. The maximum atomic E-state index is 9.05. The first-order valence-corrected chi connectivity index (χ1v) is 6.69. The number of halogens is 1. The molecule has 1 N–H and O–H groups in total. The van der Waals surface area contributed by atoms with Gasteiger partial charge in [0.05, 0.1) is 15.9 Å². The second-order valence-electron chi connectivity index (χ2n) is 3.97. The molecule has 1 atom stereocenters. The predicted molar refractivity (Wildman–Crippen MR) is 75.1 cm³/mol. The van der Waals surface area contributed by atoms with Crippen molar-refractivity contribution in [1.29, 1.82) is 5.26 Å². The van der Waals surface area contributed by atoms with Crippen molar-refractivity contribution in [2.75, 3.05) is 5.32 Å². The summed E-state index contributed by atoms with van der Waals surface area (Å²) < 4.78 is 0.761. The van der Waals surface area contributed by atoms with Crippen LogP contribution in [0.5, 0.6) is 0 Å². The summed E-state index contributed by atoms with van der Waals surface area (Å²) in [6.45, 7) is 3.92. The molecule has 0 aliphatic rings. The number of aromatic nitrogens is 1. The van der Waals surface area contributed by atoms with Crippen LogP contribution in [0, 0.1) is 18.3 Å². The molecule has 0 aliphatic carbocycles. The van der Waals surface area contributed by atoms with Gasteiger partial charge in [-0.3, -0.25) is 0 Å². The Labute approximate surface area is 115 Å². The number of hydrogen-bond donors (Lipinski definition) is 1. The molecule has 0 saturated carbocycles. The Kier molecular flexibility index (Phi) is 3.85. The van der Waals surface area contributed by atoms with Gasteiger partial charge in [0.2, 0.25) is 0 Å². The van der Waals surface area contributed by atoms with Crippen LogP contribution in [-0.2, 0) is 0 Å². The molecule has 18 heavy (non-hydrogen) atoms. The van der Waals surface area contributed by atoms with Crippen LogP contribution in [0.3, 0.4) is 0 Å². The van der Waals surface area contributed by atoms with Crippen molar-refractivity contribution in [3.8, 4) is 6.07 Å². The fraction of sp³-hybridized carbons (Fsp3) is 0.231. The van der Waals surface area contributed by atoms with Crippen LogP contribution < -0.4 is 5.32 Å². The summed E-state index contributed by atoms with van der Waals surface area (Å²) in [5, 5.41) is 12.3. The van der Waals surface area contributed by atoms with E-state index >= 15 is 0 Å². The lowest BCUT2D eigenvalue weighted by molar-refractivity contribution is 0.892. The van der Waals surface area contributed by atoms with Crippen molar-refractivity contribution in [3.05, 3.63) is 44.7 Å². The molecule has 0 fully saturated rings. The largest absolute Gasteiger partial charge is 0.362 e. The molecule has 0 radical (unpaired) electrons. The molecule has 2 aromatic heterocycles. The highest BCUT2D eigenvalue weighted by molar-refractivity contribution is 7.16. The van der Waals surface area contributed by atoms with Crippen LogP contribution in [0.1, 0.15) is 29.1 Å². The van der Waals surface area contributed by atoms with Gasteiger partial charge in [0.1, 0.15) is 11.9 Å². The zero-order chi connectivity index (χ0) is 13.1. The number of rotatable bonds is 3. The maximum Gasteiger partial charge on any atom is 0.144 e. The van der Waals surface area contributed by atoms with Gasteiger partial charge < -0.3 is 5.32 Å². The molecule has 2 heterocycles. The third-order valence-corrected chi connectivity index (χ3v) is 3.94. The smallest absolute Gasteiger partial charge is 0.144 e. The minimum Gasteiger partial charge on any atom is -0.362 e. The van der Waals surface area contributed by atoms with E-state index in [2.05, 4.69) is 16.4 Å². The van der Waals surface area contributed by atoms with Crippen molar-refractivity contribution in [3.63, 3.8) is 0 Å². The van der Waals surface area contributed by atoms with Gasteiger partial charge in [-0.1, -0.05) is 11.6 Å². The fourth-order valence-electron chi connectivity index (χ4n) is 1.59.